The predicted molar refractivity (Wildman–Crippen MR) is 113 cm³/mol. The monoisotopic (exact) mass is 429 g/mol. The molecular formula is C21H20ClN3O3S. The van der Waals surface area contributed by atoms with E-state index in [9.17, 15) is 8.42 Å². The predicted octanol–water partition coefficient (Wildman–Crippen LogP) is 4.57. The molecule has 150 valence electrons. The van der Waals surface area contributed by atoms with E-state index in [0.29, 0.717) is 42.7 Å². The summed E-state index contributed by atoms with van der Waals surface area (Å²) in [5, 5.41) is 5.97. The molecule has 0 spiro atoms. The van der Waals surface area contributed by atoms with E-state index in [1.54, 1.807) is 18.2 Å². The highest BCUT2D eigenvalue weighted by molar-refractivity contribution is 7.92. The van der Waals surface area contributed by atoms with E-state index in [4.69, 9.17) is 16.1 Å². The molecule has 1 aliphatic rings. The van der Waals surface area contributed by atoms with Crippen molar-refractivity contribution in [3.8, 4) is 11.4 Å². The van der Waals surface area contributed by atoms with Crippen molar-refractivity contribution in [2.24, 2.45) is 0 Å². The third-order valence-corrected chi connectivity index (χ3v) is 6.76. The molecule has 0 bridgehead atoms. The number of piperidine rings is 1. The van der Waals surface area contributed by atoms with Crippen LogP contribution in [0.3, 0.4) is 0 Å². The molecule has 3 aromatic rings. The van der Waals surface area contributed by atoms with Gasteiger partial charge in [0.05, 0.1) is 0 Å². The molecule has 1 saturated heterocycles. The Hall–Kier alpha value is -2.48. The van der Waals surface area contributed by atoms with Gasteiger partial charge in [0.1, 0.15) is 0 Å². The Morgan fingerprint density at radius 2 is 1.72 bits per heavy atom. The molecule has 6 nitrogen and oxygen atoms in total. The zero-order valence-electron chi connectivity index (χ0n) is 15.6. The van der Waals surface area contributed by atoms with Crippen LogP contribution in [-0.2, 0) is 10.0 Å². The number of rotatable bonds is 5. The lowest BCUT2D eigenvalue weighted by Crippen LogP contribution is -2.36. The molecule has 0 amide bonds. The van der Waals surface area contributed by atoms with Crippen molar-refractivity contribution in [2.75, 3.05) is 13.1 Å². The number of halogens is 1. The zero-order valence-corrected chi connectivity index (χ0v) is 17.2. The normalized spacial score (nSPS) is 16.4. The van der Waals surface area contributed by atoms with Crippen LogP contribution in [0, 0.1) is 0 Å². The summed E-state index contributed by atoms with van der Waals surface area (Å²) in [6, 6.07) is 16.6. The quantitative estimate of drug-likeness (QED) is 0.593. The lowest BCUT2D eigenvalue weighted by molar-refractivity contribution is 0.272. The molecule has 0 saturated carbocycles. The highest BCUT2D eigenvalue weighted by atomic mass is 35.5. The smallest absolute Gasteiger partial charge is 0.236 e. The van der Waals surface area contributed by atoms with Crippen molar-refractivity contribution in [2.45, 2.75) is 18.8 Å². The summed E-state index contributed by atoms with van der Waals surface area (Å²) in [5.41, 5.74) is 1.68. The van der Waals surface area contributed by atoms with Crippen molar-refractivity contribution < 1.29 is 12.9 Å². The molecule has 29 heavy (non-hydrogen) atoms. The van der Waals surface area contributed by atoms with Crippen LogP contribution in [0.5, 0.6) is 0 Å². The number of sulfonamides is 1. The molecule has 2 aromatic carbocycles. The SMILES string of the molecule is O=S(=O)(/C=C/c1ccccc1)N1CCC(c2nc(-c3ccc(Cl)cc3)no2)CC1. The molecule has 0 atom stereocenters. The van der Waals surface area contributed by atoms with Crippen LogP contribution >= 0.6 is 11.6 Å². The second-order valence-electron chi connectivity index (χ2n) is 6.89. The van der Waals surface area contributed by atoms with E-state index in [1.165, 1.54) is 9.71 Å². The number of nitrogens with zero attached hydrogens (tertiary/aromatic N) is 3. The van der Waals surface area contributed by atoms with Gasteiger partial charge in [0.25, 0.3) is 0 Å². The van der Waals surface area contributed by atoms with Crippen molar-refractivity contribution in [1.82, 2.24) is 14.4 Å². The zero-order chi connectivity index (χ0) is 20.3. The molecule has 8 heteroatoms. The third kappa shape index (κ3) is 4.75. The van der Waals surface area contributed by atoms with Crippen molar-refractivity contribution in [3.05, 3.63) is 76.5 Å². The van der Waals surface area contributed by atoms with Gasteiger partial charge in [-0.3, -0.25) is 0 Å². The average Bonchev–Trinajstić information content (AvgIpc) is 3.24. The largest absolute Gasteiger partial charge is 0.339 e. The van der Waals surface area contributed by atoms with E-state index < -0.39 is 10.0 Å². The van der Waals surface area contributed by atoms with Gasteiger partial charge >= 0.3 is 0 Å². The lowest BCUT2D eigenvalue weighted by atomic mass is 9.98. The maximum Gasteiger partial charge on any atom is 0.236 e. The number of benzene rings is 2. The Labute approximate surface area is 174 Å². The minimum Gasteiger partial charge on any atom is -0.339 e. The summed E-state index contributed by atoms with van der Waals surface area (Å²) in [5.74, 6) is 1.11. The summed E-state index contributed by atoms with van der Waals surface area (Å²) in [6.07, 6.45) is 2.90. The summed E-state index contributed by atoms with van der Waals surface area (Å²) in [7, 11) is -3.46. The van der Waals surface area contributed by atoms with Gasteiger partial charge < -0.3 is 4.52 Å². The maximum absolute atomic E-state index is 12.6. The fraction of sp³-hybridized carbons (Fsp3) is 0.238. The molecule has 0 radical (unpaired) electrons. The number of aromatic nitrogens is 2. The van der Waals surface area contributed by atoms with Crippen molar-refractivity contribution in [1.29, 1.82) is 0 Å². The third-order valence-electron chi connectivity index (χ3n) is 4.94. The van der Waals surface area contributed by atoms with Crippen molar-refractivity contribution >= 4 is 27.7 Å². The first-order valence-corrected chi connectivity index (χ1v) is 11.2. The first-order valence-electron chi connectivity index (χ1n) is 9.34. The molecule has 4 rings (SSSR count). The Bertz CT molecular complexity index is 1090. The summed E-state index contributed by atoms with van der Waals surface area (Å²) < 4.78 is 32.1. The second kappa shape index (κ2) is 8.49. The molecule has 0 unspecified atom stereocenters. The Kier molecular flexibility index (Phi) is 5.80. The van der Waals surface area contributed by atoms with Crippen LogP contribution in [-0.4, -0.2) is 36.0 Å². The molecule has 1 aromatic heterocycles. The number of hydrogen-bond acceptors (Lipinski definition) is 5. The first-order chi connectivity index (χ1) is 14.0. The number of hydrogen-bond donors (Lipinski definition) is 0. The molecule has 1 aliphatic heterocycles. The molecule has 2 heterocycles. The van der Waals surface area contributed by atoms with Gasteiger partial charge in [-0.1, -0.05) is 47.1 Å². The van der Waals surface area contributed by atoms with Crippen LogP contribution in [0.4, 0.5) is 0 Å². The molecule has 0 aliphatic carbocycles. The Morgan fingerprint density at radius 3 is 2.41 bits per heavy atom. The van der Waals surface area contributed by atoms with Gasteiger partial charge in [-0.2, -0.15) is 9.29 Å². The van der Waals surface area contributed by atoms with E-state index >= 15 is 0 Å². The summed E-state index contributed by atoms with van der Waals surface area (Å²) in [6.45, 7) is 0.843. The lowest BCUT2D eigenvalue weighted by Gasteiger charge is -2.28. The van der Waals surface area contributed by atoms with Crippen LogP contribution in [0.25, 0.3) is 17.5 Å². The van der Waals surface area contributed by atoms with Crippen LogP contribution < -0.4 is 0 Å². The first kappa shape index (κ1) is 19.8. The molecule has 0 N–H and O–H groups in total. The van der Waals surface area contributed by atoms with E-state index in [0.717, 1.165) is 11.1 Å². The van der Waals surface area contributed by atoms with E-state index in [-0.39, 0.29) is 5.92 Å². The maximum atomic E-state index is 12.6. The van der Waals surface area contributed by atoms with Gasteiger partial charge in [0.15, 0.2) is 0 Å². The van der Waals surface area contributed by atoms with E-state index in [1.807, 2.05) is 42.5 Å². The highest BCUT2D eigenvalue weighted by Gasteiger charge is 2.30. The fourth-order valence-electron chi connectivity index (χ4n) is 3.29. The van der Waals surface area contributed by atoms with Crippen LogP contribution in [0.1, 0.15) is 30.2 Å². The molecular weight excluding hydrogens is 410 g/mol. The average molecular weight is 430 g/mol. The van der Waals surface area contributed by atoms with Gasteiger partial charge in [-0.15, -0.1) is 0 Å². The van der Waals surface area contributed by atoms with Crippen molar-refractivity contribution in [3.63, 3.8) is 0 Å². The van der Waals surface area contributed by atoms with Gasteiger partial charge in [0, 0.05) is 35.0 Å². The summed E-state index contributed by atoms with van der Waals surface area (Å²) >= 11 is 5.91. The van der Waals surface area contributed by atoms with E-state index in [2.05, 4.69) is 10.1 Å². The van der Waals surface area contributed by atoms with Crippen LogP contribution in [0.2, 0.25) is 5.02 Å². The van der Waals surface area contributed by atoms with Gasteiger partial charge in [-0.25, -0.2) is 8.42 Å². The van der Waals surface area contributed by atoms with Crippen LogP contribution in [0.15, 0.2) is 64.5 Å². The van der Waals surface area contributed by atoms with Gasteiger partial charge in [-0.05, 0) is 48.7 Å². The Balaban J connectivity index is 1.39. The van der Waals surface area contributed by atoms with Gasteiger partial charge in [0.2, 0.25) is 21.7 Å². The minimum absolute atomic E-state index is 0.0492. The topological polar surface area (TPSA) is 76.3 Å². The highest BCUT2D eigenvalue weighted by Crippen LogP contribution is 2.30. The molecule has 1 fully saturated rings. The fourth-order valence-corrected chi connectivity index (χ4v) is 4.64. The second-order valence-corrected chi connectivity index (χ2v) is 9.15. The Morgan fingerprint density at radius 1 is 1.03 bits per heavy atom. The summed E-state index contributed by atoms with van der Waals surface area (Å²) in [4.78, 5) is 4.49. The standard InChI is InChI=1S/C21H20ClN3O3S/c22-19-8-6-17(7-9-19)20-23-21(28-24-20)18-10-13-25(14-11-18)29(26,27)15-12-16-4-2-1-3-5-16/h1-9,12,15,18H,10-11,13-14H2/b15-12+. The minimum atomic E-state index is -3.46.